The normalized spacial score (nSPS) is 14.2. The predicted octanol–water partition coefficient (Wildman–Crippen LogP) is 15.2. The lowest BCUT2D eigenvalue weighted by molar-refractivity contribution is -0.154. The summed E-state index contributed by atoms with van der Waals surface area (Å²) in [6.07, 6.45) is 59.9. The van der Waals surface area contributed by atoms with E-state index in [1.807, 2.05) is 0 Å². The molecular weight excluding hydrogens is 826 g/mol. The first-order valence-electron chi connectivity index (χ1n) is 25.8. The van der Waals surface area contributed by atoms with Crippen LogP contribution in [0.3, 0.4) is 0 Å². The van der Waals surface area contributed by atoms with Gasteiger partial charge in [0.05, 0.1) is 19.8 Å². The maximum Gasteiger partial charge on any atom is 0.472 e. The molecule has 64 heavy (non-hydrogen) atoms. The molecule has 10 nitrogen and oxygen atoms in total. The Hall–Kier alpha value is -2.33. The van der Waals surface area contributed by atoms with Crippen molar-refractivity contribution in [3.05, 3.63) is 60.8 Å². The van der Waals surface area contributed by atoms with Gasteiger partial charge in [0.15, 0.2) is 0 Å². The number of hydrogen-bond donors (Lipinski definition) is 3. The van der Waals surface area contributed by atoms with E-state index in [9.17, 15) is 19.0 Å². The van der Waals surface area contributed by atoms with E-state index >= 15 is 0 Å². The molecule has 4 N–H and O–H groups in total. The van der Waals surface area contributed by atoms with Crippen molar-refractivity contribution >= 4 is 19.8 Å². The second-order valence-corrected chi connectivity index (χ2v) is 18.7. The molecule has 0 bridgehead atoms. The van der Waals surface area contributed by atoms with Gasteiger partial charge in [-0.05, 0) is 57.8 Å². The highest BCUT2D eigenvalue weighted by atomic mass is 31.2. The fourth-order valence-electron chi connectivity index (χ4n) is 7.10. The lowest BCUT2D eigenvalue weighted by Gasteiger charge is -2.20. The van der Waals surface area contributed by atoms with Gasteiger partial charge in [0.2, 0.25) is 0 Å². The molecule has 0 saturated carbocycles. The third-order valence-corrected chi connectivity index (χ3v) is 12.0. The Kier molecular flexibility index (Phi) is 46.8. The van der Waals surface area contributed by atoms with Crippen molar-refractivity contribution in [1.29, 1.82) is 0 Å². The molecule has 3 atom stereocenters. The topological polar surface area (TPSA) is 155 Å². The zero-order chi connectivity index (χ0) is 46.9. The van der Waals surface area contributed by atoms with Gasteiger partial charge in [-0.3, -0.25) is 18.6 Å². The fourth-order valence-corrected chi connectivity index (χ4v) is 7.88. The molecule has 0 rings (SSSR count). The molecule has 0 saturated heterocycles. The molecule has 0 aliphatic rings. The summed E-state index contributed by atoms with van der Waals surface area (Å²) in [5.41, 5.74) is 5.38. The Bertz CT molecular complexity index is 1250. The van der Waals surface area contributed by atoms with Gasteiger partial charge in [-0.2, -0.15) is 0 Å². The van der Waals surface area contributed by atoms with Gasteiger partial charge >= 0.3 is 19.8 Å². The van der Waals surface area contributed by atoms with Crippen LogP contribution in [-0.2, 0) is 32.7 Å². The summed E-state index contributed by atoms with van der Waals surface area (Å²) in [6, 6.07) is -1.48. The summed E-state index contributed by atoms with van der Waals surface area (Å²) < 4.78 is 33.5. The summed E-state index contributed by atoms with van der Waals surface area (Å²) in [6.45, 7) is 3.78. The minimum atomic E-state index is -4.63. The van der Waals surface area contributed by atoms with Crippen LogP contribution in [0.5, 0.6) is 0 Å². The number of aliphatic carboxylic acids is 1. The zero-order valence-electron chi connectivity index (χ0n) is 40.9. The molecule has 372 valence electrons. The average Bonchev–Trinajstić information content (AvgIpc) is 3.28. The molecule has 0 aliphatic carbocycles. The van der Waals surface area contributed by atoms with E-state index in [2.05, 4.69) is 74.6 Å². The Labute approximate surface area is 392 Å². The zero-order valence-corrected chi connectivity index (χ0v) is 41.8. The fraction of sp³-hybridized carbons (Fsp3) is 0.774. The second-order valence-electron chi connectivity index (χ2n) is 17.3. The van der Waals surface area contributed by atoms with Crippen LogP contribution < -0.4 is 5.73 Å². The van der Waals surface area contributed by atoms with Crippen molar-refractivity contribution in [3.8, 4) is 0 Å². The molecule has 0 amide bonds. The van der Waals surface area contributed by atoms with Crippen LogP contribution >= 0.6 is 7.82 Å². The van der Waals surface area contributed by atoms with E-state index < -0.39 is 45.1 Å². The van der Waals surface area contributed by atoms with Crippen LogP contribution in [0.25, 0.3) is 0 Å². The van der Waals surface area contributed by atoms with Crippen molar-refractivity contribution in [3.63, 3.8) is 0 Å². The molecule has 0 aromatic heterocycles. The van der Waals surface area contributed by atoms with Crippen LogP contribution in [0.15, 0.2) is 60.8 Å². The standard InChI is InChI=1S/C53H96NO9P/c1-3-5-7-9-11-13-15-17-19-21-23-25-27-29-31-33-35-37-39-41-43-45-52(55)63-50(48-61-64(58,59)62-49-51(54)53(56)57)47-60-46-44-42-40-38-36-34-32-30-28-26-24-22-20-18-16-14-12-10-8-6-4-2/h5,7,11,13,17,19,23,25,29,31,50-51H,3-4,6,8-10,12,14-16,18,20-22,24,26-28,30,32-49,54H2,1-2H3,(H,56,57)(H,58,59)/b7-5-,13-11-,19-17-,25-23-,31-29-. The minimum Gasteiger partial charge on any atom is -0.480 e. The summed E-state index contributed by atoms with van der Waals surface area (Å²) in [4.78, 5) is 33.7. The van der Waals surface area contributed by atoms with Crippen LogP contribution in [0.4, 0.5) is 0 Å². The van der Waals surface area contributed by atoms with Crippen molar-refractivity contribution < 1.29 is 42.7 Å². The van der Waals surface area contributed by atoms with E-state index in [1.54, 1.807) is 0 Å². The number of ether oxygens (including phenoxy) is 2. The monoisotopic (exact) mass is 922 g/mol. The quantitative estimate of drug-likeness (QED) is 0.0232. The smallest absolute Gasteiger partial charge is 0.472 e. The first-order valence-corrected chi connectivity index (χ1v) is 27.3. The maximum atomic E-state index is 12.7. The lowest BCUT2D eigenvalue weighted by atomic mass is 10.0. The van der Waals surface area contributed by atoms with Crippen LogP contribution in [0.2, 0.25) is 0 Å². The van der Waals surface area contributed by atoms with Crippen molar-refractivity contribution in [2.45, 2.75) is 238 Å². The second kappa shape index (κ2) is 48.6. The molecule has 0 aromatic carbocycles. The number of esters is 1. The van der Waals surface area contributed by atoms with Crippen molar-refractivity contribution in [2.75, 3.05) is 26.4 Å². The summed E-state index contributed by atoms with van der Waals surface area (Å²) in [7, 11) is -4.63. The molecule has 0 fully saturated rings. The number of carboxylic acid groups (broad SMARTS) is 1. The molecule has 0 aromatic rings. The van der Waals surface area contributed by atoms with E-state index in [0.29, 0.717) is 13.0 Å². The number of rotatable bonds is 49. The number of hydrogen-bond acceptors (Lipinski definition) is 8. The van der Waals surface area contributed by atoms with Crippen molar-refractivity contribution in [2.24, 2.45) is 5.73 Å². The van der Waals surface area contributed by atoms with Crippen LogP contribution in [-0.4, -0.2) is 60.5 Å². The van der Waals surface area contributed by atoms with Gasteiger partial charge in [-0.25, -0.2) is 4.57 Å². The highest BCUT2D eigenvalue weighted by molar-refractivity contribution is 7.47. The van der Waals surface area contributed by atoms with Gasteiger partial charge in [-0.1, -0.05) is 222 Å². The van der Waals surface area contributed by atoms with Gasteiger partial charge in [0, 0.05) is 13.0 Å². The predicted molar refractivity (Wildman–Crippen MR) is 267 cm³/mol. The molecule has 3 unspecified atom stereocenters. The first kappa shape index (κ1) is 61.7. The molecule has 0 heterocycles. The lowest BCUT2D eigenvalue weighted by Crippen LogP contribution is -2.34. The van der Waals surface area contributed by atoms with Gasteiger partial charge < -0.3 is 25.2 Å². The highest BCUT2D eigenvalue weighted by Crippen LogP contribution is 2.43. The Morgan fingerprint density at radius 2 is 0.906 bits per heavy atom. The molecule has 0 aliphatic heterocycles. The molecule has 11 heteroatoms. The SMILES string of the molecule is CC/C=C\C/C=C\C/C=C\C/C=C\C/C=C\CCCCCCCC(=O)OC(COCCCCCCCCCCCCCCCCCCCCCCC)COP(=O)(O)OCC(N)C(=O)O. The van der Waals surface area contributed by atoms with Crippen molar-refractivity contribution in [1.82, 2.24) is 0 Å². The van der Waals surface area contributed by atoms with E-state index in [-0.39, 0.29) is 13.0 Å². The van der Waals surface area contributed by atoms with Gasteiger partial charge in [0.1, 0.15) is 12.1 Å². The summed E-state index contributed by atoms with van der Waals surface area (Å²) in [5, 5.41) is 8.93. The number of carbonyl (C=O) groups excluding carboxylic acids is 1. The van der Waals surface area contributed by atoms with E-state index in [1.165, 1.54) is 116 Å². The Morgan fingerprint density at radius 3 is 1.36 bits per heavy atom. The summed E-state index contributed by atoms with van der Waals surface area (Å²) in [5.74, 6) is -1.79. The summed E-state index contributed by atoms with van der Waals surface area (Å²) >= 11 is 0. The van der Waals surface area contributed by atoms with Crippen LogP contribution in [0.1, 0.15) is 226 Å². The van der Waals surface area contributed by atoms with Gasteiger partial charge in [0.25, 0.3) is 0 Å². The maximum absolute atomic E-state index is 12.7. The largest absolute Gasteiger partial charge is 0.480 e. The molecular formula is C53H96NO9P. The first-order chi connectivity index (χ1) is 31.2. The number of carboxylic acids is 1. The Balaban J connectivity index is 4.17. The molecule has 0 spiro atoms. The third-order valence-electron chi connectivity index (χ3n) is 11.1. The number of phosphoric acid groups is 1. The van der Waals surface area contributed by atoms with Gasteiger partial charge in [-0.15, -0.1) is 0 Å². The van der Waals surface area contributed by atoms with E-state index in [0.717, 1.165) is 83.5 Å². The molecule has 0 radical (unpaired) electrons. The minimum absolute atomic E-state index is 0.00930. The number of phosphoric ester groups is 1. The Morgan fingerprint density at radius 1 is 0.516 bits per heavy atom. The number of carbonyl (C=O) groups is 2. The third kappa shape index (κ3) is 47.6. The number of allylic oxidation sites excluding steroid dienone is 10. The number of nitrogens with two attached hydrogens (primary N) is 1. The number of unbranched alkanes of at least 4 members (excludes halogenated alkanes) is 25. The highest BCUT2D eigenvalue weighted by Gasteiger charge is 2.27. The van der Waals surface area contributed by atoms with Crippen LogP contribution in [0, 0.1) is 0 Å². The average molecular weight is 922 g/mol. The van der Waals surface area contributed by atoms with E-state index in [4.69, 9.17) is 29.4 Å².